The van der Waals surface area contributed by atoms with Gasteiger partial charge in [-0.1, -0.05) is 41.6 Å². The number of pyridine rings is 2. The highest BCUT2D eigenvalue weighted by Crippen LogP contribution is 2.26. The van der Waals surface area contributed by atoms with E-state index in [9.17, 15) is 4.79 Å². The summed E-state index contributed by atoms with van der Waals surface area (Å²) in [6.07, 6.45) is 3.36. The Morgan fingerprint density at radius 2 is 1.84 bits per heavy atom. The first-order valence-electron chi connectivity index (χ1n) is 7.43. The molecule has 0 saturated heterocycles. The second kappa shape index (κ2) is 8.50. The van der Waals surface area contributed by atoms with E-state index < -0.39 is 0 Å². The topological polar surface area (TPSA) is 64.1 Å². The van der Waals surface area contributed by atoms with Crippen molar-refractivity contribution in [2.24, 2.45) is 0 Å². The molecule has 0 unspecified atom stereocenters. The molecule has 0 fully saturated rings. The maximum atomic E-state index is 12.0. The third kappa shape index (κ3) is 5.20. The highest BCUT2D eigenvalue weighted by atomic mass is 35.5. The van der Waals surface area contributed by atoms with Gasteiger partial charge in [-0.05, 0) is 36.4 Å². The molecule has 0 aliphatic heterocycles. The molecule has 1 N–H and O–H groups in total. The van der Waals surface area contributed by atoms with E-state index in [-0.39, 0.29) is 12.5 Å². The van der Waals surface area contributed by atoms with Gasteiger partial charge in [-0.15, -0.1) is 0 Å². The zero-order chi connectivity index (χ0) is 17.5. The van der Waals surface area contributed by atoms with Crippen molar-refractivity contribution in [3.05, 3.63) is 72.0 Å². The molecule has 2 heterocycles. The van der Waals surface area contributed by atoms with Crippen LogP contribution in [0, 0.1) is 0 Å². The van der Waals surface area contributed by atoms with Gasteiger partial charge in [0.25, 0.3) is 5.91 Å². The largest absolute Gasteiger partial charge is 0.482 e. The Balaban J connectivity index is 1.58. The highest BCUT2D eigenvalue weighted by Gasteiger charge is 2.07. The van der Waals surface area contributed by atoms with Gasteiger partial charge in [-0.25, -0.2) is 9.97 Å². The van der Waals surface area contributed by atoms with Gasteiger partial charge in [0.05, 0.1) is 5.02 Å². The van der Waals surface area contributed by atoms with Gasteiger partial charge in [0, 0.05) is 18.1 Å². The van der Waals surface area contributed by atoms with E-state index >= 15 is 0 Å². The Bertz CT molecular complexity index is 862. The van der Waals surface area contributed by atoms with Crippen molar-refractivity contribution < 1.29 is 9.53 Å². The third-order valence-corrected chi connectivity index (χ3v) is 4.26. The van der Waals surface area contributed by atoms with Crippen molar-refractivity contribution in [2.75, 3.05) is 11.9 Å². The lowest BCUT2D eigenvalue weighted by molar-refractivity contribution is -0.118. The zero-order valence-corrected chi connectivity index (χ0v) is 14.6. The van der Waals surface area contributed by atoms with Gasteiger partial charge in [-0.2, -0.15) is 0 Å². The number of halogens is 1. The maximum Gasteiger partial charge on any atom is 0.262 e. The fourth-order valence-electron chi connectivity index (χ4n) is 1.96. The van der Waals surface area contributed by atoms with E-state index in [0.29, 0.717) is 16.5 Å². The molecule has 3 rings (SSSR count). The number of nitrogens with zero attached hydrogens (tertiary/aromatic N) is 2. The van der Waals surface area contributed by atoms with E-state index in [2.05, 4.69) is 15.3 Å². The Kier molecular flexibility index (Phi) is 5.87. The SMILES string of the molecule is O=C(COc1ccccc1Cl)Nc1ccnc(Sc2ccccn2)c1. The lowest BCUT2D eigenvalue weighted by atomic mass is 10.3. The van der Waals surface area contributed by atoms with Crippen molar-refractivity contribution in [1.82, 2.24) is 9.97 Å². The minimum atomic E-state index is -0.278. The lowest BCUT2D eigenvalue weighted by Gasteiger charge is -2.09. The molecule has 5 nitrogen and oxygen atoms in total. The number of benzene rings is 1. The summed E-state index contributed by atoms with van der Waals surface area (Å²) in [4.78, 5) is 20.6. The average molecular weight is 372 g/mol. The van der Waals surface area contributed by atoms with Gasteiger partial charge in [0.2, 0.25) is 0 Å². The van der Waals surface area contributed by atoms with E-state index in [1.807, 2.05) is 18.2 Å². The van der Waals surface area contributed by atoms with E-state index in [1.165, 1.54) is 11.8 Å². The summed E-state index contributed by atoms with van der Waals surface area (Å²) in [6, 6.07) is 16.2. The van der Waals surface area contributed by atoms with E-state index in [0.717, 1.165) is 10.1 Å². The molecular formula is C18H14ClN3O2S. The Morgan fingerprint density at radius 1 is 1.04 bits per heavy atom. The van der Waals surface area contributed by atoms with Crippen LogP contribution in [0.1, 0.15) is 0 Å². The van der Waals surface area contributed by atoms with Crippen LogP contribution in [0.25, 0.3) is 0 Å². The minimum Gasteiger partial charge on any atom is -0.482 e. The number of amides is 1. The van der Waals surface area contributed by atoms with Crippen LogP contribution in [-0.2, 0) is 4.79 Å². The van der Waals surface area contributed by atoms with Crippen LogP contribution in [-0.4, -0.2) is 22.5 Å². The Morgan fingerprint density at radius 3 is 2.64 bits per heavy atom. The molecule has 0 radical (unpaired) electrons. The van der Waals surface area contributed by atoms with Crippen molar-refractivity contribution in [3.8, 4) is 5.75 Å². The summed E-state index contributed by atoms with van der Waals surface area (Å²) in [5.41, 5.74) is 0.640. The molecule has 0 aliphatic carbocycles. The standard InChI is InChI=1S/C18H14ClN3O2S/c19-14-5-1-2-6-15(14)24-12-16(23)22-13-8-10-21-18(11-13)25-17-7-3-4-9-20-17/h1-11H,12H2,(H,21,22,23). The molecule has 0 aliphatic rings. The number of hydrogen-bond donors (Lipinski definition) is 1. The van der Waals surface area contributed by atoms with Gasteiger partial charge < -0.3 is 10.1 Å². The first-order valence-corrected chi connectivity index (χ1v) is 8.62. The van der Waals surface area contributed by atoms with Crippen molar-refractivity contribution in [2.45, 2.75) is 10.1 Å². The number of anilines is 1. The summed E-state index contributed by atoms with van der Waals surface area (Å²) in [5.74, 6) is 0.195. The average Bonchev–Trinajstić information content (AvgIpc) is 2.62. The minimum absolute atomic E-state index is 0.130. The summed E-state index contributed by atoms with van der Waals surface area (Å²) in [6.45, 7) is -0.130. The fraction of sp³-hybridized carbons (Fsp3) is 0.0556. The molecular weight excluding hydrogens is 358 g/mol. The molecule has 25 heavy (non-hydrogen) atoms. The molecule has 126 valence electrons. The molecule has 0 bridgehead atoms. The van der Waals surface area contributed by atoms with Crippen LogP contribution in [0.2, 0.25) is 5.02 Å². The lowest BCUT2D eigenvalue weighted by Crippen LogP contribution is -2.20. The first kappa shape index (κ1) is 17.3. The fourth-order valence-corrected chi connectivity index (χ4v) is 2.92. The number of para-hydroxylation sites is 1. The zero-order valence-electron chi connectivity index (χ0n) is 13.1. The normalized spacial score (nSPS) is 10.3. The van der Waals surface area contributed by atoms with E-state index in [4.69, 9.17) is 16.3 Å². The van der Waals surface area contributed by atoms with Crippen LogP contribution >= 0.6 is 23.4 Å². The predicted octanol–water partition coefficient (Wildman–Crippen LogP) is 4.30. The van der Waals surface area contributed by atoms with Crippen LogP contribution in [0.3, 0.4) is 0 Å². The summed E-state index contributed by atoms with van der Waals surface area (Å²) in [5, 5.41) is 4.82. The van der Waals surface area contributed by atoms with Gasteiger partial charge in [0.15, 0.2) is 6.61 Å². The number of aromatic nitrogens is 2. The third-order valence-electron chi connectivity index (χ3n) is 3.06. The quantitative estimate of drug-likeness (QED) is 0.699. The highest BCUT2D eigenvalue weighted by molar-refractivity contribution is 7.99. The van der Waals surface area contributed by atoms with Crippen LogP contribution in [0.5, 0.6) is 5.75 Å². The number of nitrogens with one attached hydrogen (secondary N) is 1. The molecule has 0 spiro atoms. The molecule has 7 heteroatoms. The molecule has 0 saturated carbocycles. The molecule has 3 aromatic rings. The van der Waals surface area contributed by atoms with Gasteiger partial charge in [0.1, 0.15) is 15.8 Å². The molecule has 1 amide bonds. The van der Waals surface area contributed by atoms with Crippen LogP contribution < -0.4 is 10.1 Å². The van der Waals surface area contributed by atoms with Crippen molar-refractivity contribution in [1.29, 1.82) is 0 Å². The van der Waals surface area contributed by atoms with Crippen molar-refractivity contribution >= 4 is 35.0 Å². The summed E-state index contributed by atoms with van der Waals surface area (Å²) in [7, 11) is 0. The second-order valence-electron chi connectivity index (χ2n) is 4.92. The summed E-state index contributed by atoms with van der Waals surface area (Å²) >= 11 is 7.41. The van der Waals surface area contributed by atoms with Gasteiger partial charge >= 0.3 is 0 Å². The number of carbonyl (C=O) groups excluding carboxylic acids is 1. The second-order valence-corrected chi connectivity index (χ2v) is 6.37. The van der Waals surface area contributed by atoms with Crippen molar-refractivity contribution in [3.63, 3.8) is 0 Å². The monoisotopic (exact) mass is 371 g/mol. The molecule has 0 atom stereocenters. The number of hydrogen-bond acceptors (Lipinski definition) is 5. The number of ether oxygens (including phenoxy) is 1. The maximum absolute atomic E-state index is 12.0. The Labute approximate surface area is 154 Å². The number of carbonyl (C=O) groups is 1. The molecule has 2 aromatic heterocycles. The Hall–Kier alpha value is -2.57. The summed E-state index contributed by atoms with van der Waals surface area (Å²) < 4.78 is 5.42. The number of rotatable bonds is 6. The smallest absolute Gasteiger partial charge is 0.262 e. The van der Waals surface area contributed by atoms with Crippen LogP contribution in [0.4, 0.5) is 5.69 Å². The van der Waals surface area contributed by atoms with Crippen LogP contribution in [0.15, 0.2) is 77.0 Å². The van der Waals surface area contributed by atoms with E-state index in [1.54, 1.807) is 48.8 Å². The molecule has 1 aromatic carbocycles. The van der Waals surface area contributed by atoms with Gasteiger partial charge in [-0.3, -0.25) is 4.79 Å². The predicted molar refractivity (Wildman–Crippen MR) is 98.2 cm³/mol. The first-order chi connectivity index (χ1) is 12.2.